The number of rotatable bonds is 6. The number of hydrogen-bond acceptors (Lipinski definition) is 3. The molecule has 0 radical (unpaired) electrons. The summed E-state index contributed by atoms with van der Waals surface area (Å²) in [5, 5.41) is 2.62. The van der Waals surface area contributed by atoms with Crippen molar-refractivity contribution in [2.24, 2.45) is 0 Å². The molecule has 18 heavy (non-hydrogen) atoms. The van der Waals surface area contributed by atoms with Gasteiger partial charge in [0.1, 0.15) is 0 Å². The first-order chi connectivity index (χ1) is 8.67. The van der Waals surface area contributed by atoms with Gasteiger partial charge in [0.05, 0.1) is 6.54 Å². The van der Waals surface area contributed by atoms with Crippen molar-refractivity contribution in [1.82, 2.24) is 15.1 Å². The zero-order valence-corrected chi connectivity index (χ0v) is 11.6. The van der Waals surface area contributed by atoms with E-state index in [2.05, 4.69) is 17.1 Å². The van der Waals surface area contributed by atoms with E-state index in [1.165, 1.54) is 0 Å². The van der Waals surface area contributed by atoms with E-state index < -0.39 is 0 Å². The molecule has 0 aromatic carbocycles. The van der Waals surface area contributed by atoms with Crippen molar-refractivity contribution in [3.8, 4) is 0 Å². The van der Waals surface area contributed by atoms with Crippen molar-refractivity contribution in [2.75, 3.05) is 39.8 Å². The Labute approximate surface area is 110 Å². The molecule has 1 N–H and O–H groups in total. The topological polar surface area (TPSA) is 52.7 Å². The quantitative estimate of drug-likeness (QED) is 0.701. The van der Waals surface area contributed by atoms with E-state index in [1.807, 2.05) is 4.90 Å². The molecule has 0 aromatic heterocycles. The van der Waals surface area contributed by atoms with Crippen LogP contribution >= 0.6 is 0 Å². The molecule has 1 rings (SSSR count). The summed E-state index contributed by atoms with van der Waals surface area (Å²) >= 11 is 0. The van der Waals surface area contributed by atoms with Crippen LogP contribution in [-0.4, -0.2) is 61.4 Å². The molecule has 0 unspecified atom stereocenters. The molecule has 1 saturated heterocycles. The van der Waals surface area contributed by atoms with E-state index in [1.54, 1.807) is 7.05 Å². The minimum Gasteiger partial charge on any atom is -0.358 e. The molecule has 5 nitrogen and oxygen atoms in total. The van der Waals surface area contributed by atoms with Gasteiger partial charge in [-0.15, -0.1) is 0 Å². The van der Waals surface area contributed by atoms with Gasteiger partial charge in [0.25, 0.3) is 0 Å². The summed E-state index contributed by atoms with van der Waals surface area (Å²) in [4.78, 5) is 27.1. The second-order valence-corrected chi connectivity index (χ2v) is 4.79. The second kappa shape index (κ2) is 8.08. The normalized spacial score (nSPS) is 16.7. The lowest BCUT2D eigenvalue weighted by Crippen LogP contribution is -2.50. The van der Waals surface area contributed by atoms with Crippen LogP contribution in [0.3, 0.4) is 0 Å². The first-order valence-electron chi connectivity index (χ1n) is 6.88. The minimum absolute atomic E-state index is 0.0396. The lowest BCUT2D eigenvalue weighted by atomic mass is 10.2. The van der Waals surface area contributed by atoms with E-state index >= 15 is 0 Å². The number of amides is 2. The molecule has 0 aromatic rings. The molecule has 5 heteroatoms. The zero-order valence-electron chi connectivity index (χ0n) is 11.6. The van der Waals surface area contributed by atoms with Crippen molar-refractivity contribution in [3.05, 3.63) is 0 Å². The molecule has 2 amide bonds. The van der Waals surface area contributed by atoms with Gasteiger partial charge < -0.3 is 10.2 Å². The second-order valence-electron chi connectivity index (χ2n) is 4.79. The molecule has 1 heterocycles. The highest BCUT2D eigenvalue weighted by Gasteiger charge is 2.21. The van der Waals surface area contributed by atoms with Crippen molar-refractivity contribution in [1.29, 1.82) is 0 Å². The Morgan fingerprint density at radius 3 is 2.33 bits per heavy atom. The lowest BCUT2D eigenvalue weighted by Gasteiger charge is -2.34. The Bertz CT molecular complexity index is 273. The van der Waals surface area contributed by atoms with Crippen LogP contribution in [0.5, 0.6) is 0 Å². The number of unbranched alkanes of at least 4 members (excludes halogenated alkanes) is 2. The van der Waals surface area contributed by atoms with Gasteiger partial charge in [0.2, 0.25) is 11.8 Å². The Morgan fingerprint density at radius 1 is 1.11 bits per heavy atom. The van der Waals surface area contributed by atoms with E-state index in [0.29, 0.717) is 13.0 Å². The fourth-order valence-electron chi connectivity index (χ4n) is 2.12. The van der Waals surface area contributed by atoms with Gasteiger partial charge in [0.15, 0.2) is 0 Å². The van der Waals surface area contributed by atoms with Crippen LogP contribution in [0.4, 0.5) is 0 Å². The predicted molar refractivity (Wildman–Crippen MR) is 71.2 cm³/mol. The maximum atomic E-state index is 11.9. The SMILES string of the molecule is CCCCCC(=O)N1CCN(CC(=O)NC)CC1. The Balaban J connectivity index is 2.22. The number of carbonyl (C=O) groups is 2. The smallest absolute Gasteiger partial charge is 0.233 e. The van der Waals surface area contributed by atoms with Crippen molar-refractivity contribution in [2.45, 2.75) is 32.6 Å². The molecule has 0 bridgehead atoms. The average molecular weight is 255 g/mol. The maximum Gasteiger partial charge on any atom is 0.233 e. The summed E-state index contributed by atoms with van der Waals surface area (Å²) in [6, 6.07) is 0. The fourth-order valence-corrected chi connectivity index (χ4v) is 2.12. The van der Waals surface area contributed by atoms with E-state index in [4.69, 9.17) is 0 Å². The molecular weight excluding hydrogens is 230 g/mol. The monoisotopic (exact) mass is 255 g/mol. The Morgan fingerprint density at radius 2 is 1.78 bits per heavy atom. The number of carbonyl (C=O) groups excluding carboxylic acids is 2. The van der Waals surface area contributed by atoms with Crippen LogP contribution in [0.1, 0.15) is 32.6 Å². The fraction of sp³-hybridized carbons (Fsp3) is 0.846. The summed E-state index contributed by atoms with van der Waals surface area (Å²) in [5.74, 6) is 0.306. The average Bonchev–Trinajstić information content (AvgIpc) is 2.39. The Kier molecular flexibility index (Phi) is 6.72. The summed E-state index contributed by atoms with van der Waals surface area (Å²) < 4.78 is 0. The third-order valence-electron chi connectivity index (χ3n) is 3.37. The number of piperazine rings is 1. The number of hydrogen-bond donors (Lipinski definition) is 1. The van der Waals surface area contributed by atoms with Crippen LogP contribution in [0.25, 0.3) is 0 Å². The molecule has 0 atom stereocenters. The molecule has 104 valence electrons. The highest BCUT2D eigenvalue weighted by Crippen LogP contribution is 2.07. The van der Waals surface area contributed by atoms with Crippen LogP contribution in [0.15, 0.2) is 0 Å². The molecule has 1 aliphatic rings. The van der Waals surface area contributed by atoms with Crippen molar-refractivity contribution in [3.63, 3.8) is 0 Å². The third kappa shape index (κ3) is 5.04. The first-order valence-corrected chi connectivity index (χ1v) is 6.88. The van der Waals surface area contributed by atoms with Crippen LogP contribution < -0.4 is 5.32 Å². The van der Waals surface area contributed by atoms with Gasteiger partial charge >= 0.3 is 0 Å². The summed E-state index contributed by atoms with van der Waals surface area (Å²) in [6.07, 6.45) is 3.94. The Hall–Kier alpha value is -1.10. The molecule has 1 aliphatic heterocycles. The number of nitrogens with zero attached hydrogens (tertiary/aromatic N) is 2. The largest absolute Gasteiger partial charge is 0.358 e. The number of likely N-dealkylation sites (N-methyl/N-ethyl adjacent to an activating group) is 1. The molecule has 0 saturated carbocycles. The standard InChI is InChI=1S/C13H25N3O2/c1-3-4-5-6-13(18)16-9-7-15(8-10-16)11-12(17)14-2/h3-11H2,1-2H3,(H,14,17). The van der Waals surface area contributed by atoms with Crippen LogP contribution in [0, 0.1) is 0 Å². The third-order valence-corrected chi connectivity index (χ3v) is 3.37. The van der Waals surface area contributed by atoms with Gasteiger partial charge in [-0.3, -0.25) is 14.5 Å². The van der Waals surface area contributed by atoms with Gasteiger partial charge in [-0.05, 0) is 6.42 Å². The summed E-state index contributed by atoms with van der Waals surface area (Å²) in [6.45, 7) is 5.68. The van der Waals surface area contributed by atoms with Crippen LogP contribution in [0.2, 0.25) is 0 Å². The highest BCUT2D eigenvalue weighted by atomic mass is 16.2. The van der Waals surface area contributed by atoms with Crippen molar-refractivity contribution >= 4 is 11.8 Å². The van der Waals surface area contributed by atoms with Gasteiger partial charge in [0, 0.05) is 39.6 Å². The van der Waals surface area contributed by atoms with Crippen molar-refractivity contribution < 1.29 is 9.59 Å². The molecule has 1 fully saturated rings. The molecule has 0 spiro atoms. The van der Waals surface area contributed by atoms with E-state index in [-0.39, 0.29) is 11.8 Å². The van der Waals surface area contributed by atoms with Gasteiger partial charge in [-0.2, -0.15) is 0 Å². The first kappa shape index (κ1) is 15.0. The summed E-state index contributed by atoms with van der Waals surface area (Å²) in [5.41, 5.74) is 0. The van der Waals surface area contributed by atoms with Gasteiger partial charge in [-0.25, -0.2) is 0 Å². The maximum absolute atomic E-state index is 11.9. The number of nitrogens with one attached hydrogen (secondary N) is 1. The van der Waals surface area contributed by atoms with E-state index in [0.717, 1.165) is 45.4 Å². The lowest BCUT2D eigenvalue weighted by molar-refractivity contribution is -0.133. The minimum atomic E-state index is 0.0396. The molecular formula is C13H25N3O2. The molecule has 0 aliphatic carbocycles. The van der Waals surface area contributed by atoms with Gasteiger partial charge in [-0.1, -0.05) is 19.8 Å². The predicted octanol–water partition coefficient (Wildman–Crippen LogP) is 0.457. The highest BCUT2D eigenvalue weighted by molar-refractivity contribution is 5.78. The van der Waals surface area contributed by atoms with Crippen LogP contribution in [-0.2, 0) is 9.59 Å². The zero-order chi connectivity index (χ0) is 13.4. The van der Waals surface area contributed by atoms with E-state index in [9.17, 15) is 9.59 Å². The summed E-state index contributed by atoms with van der Waals surface area (Å²) in [7, 11) is 1.65.